The van der Waals surface area contributed by atoms with Gasteiger partial charge in [0, 0.05) is 5.75 Å². The Morgan fingerprint density at radius 3 is 3.15 bits per heavy atom. The van der Waals surface area contributed by atoms with Gasteiger partial charge in [0.25, 0.3) is 0 Å². The lowest BCUT2D eigenvalue weighted by Gasteiger charge is -2.11. The molecule has 0 saturated carbocycles. The van der Waals surface area contributed by atoms with Crippen LogP contribution in [0.4, 0.5) is 0 Å². The summed E-state index contributed by atoms with van der Waals surface area (Å²) in [5.74, 6) is 1.13. The molecule has 0 aromatic heterocycles. The summed E-state index contributed by atoms with van der Waals surface area (Å²) in [5.41, 5.74) is 4.38. The van der Waals surface area contributed by atoms with Crippen LogP contribution in [0.25, 0.3) is 6.08 Å². The Labute approximate surface area is 84.0 Å². The van der Waals surface area contributed by atoms with Gasteiger partial charge in [-0.15, -0.1) is 0 Å². The van der Waals surface area contributed by atoms with Gasteiger partial charge in [0.1, 0.15) is 0 Å². The van der Waals surface area contributed by atoms with E-state index in [4.69, 9.17) is 0 Å². The minimum absolute atomic E-state index is 1.13. The van der Waals surface area contributed by atoms with Crippen LogP contribution in [-0.2, 0) is 12.2 Å². The zero-order chi connectivity index (χ0) is 9.10. The quantitative estimate of drug-likeness (QED) is 0.687. The van der Waals surface area contributed by atoms with Crippen LogP contribution in [0.2, 0.25) is 0 Å². The Kier molecular flexibility index (Phi) is 2.74. The monoisotopic (exact) mass is 190 g/mol. The van der Waals surface area contributed by atoms with Gasteiger partial charge in [0.2, 0.25) is 0 Å². The molecule has 0 atom stereocenters. The maximum atomic E-state index is 2.32. The highest BCUT2D eigenvalue weighted by molar-refractivity contribution is 7.97. The zero-order valence-corrected chi connectivity index (χ0v) is 8.73. The van der Waals surface area contributed by atoms with Crippen molar-refractivity contribution < 1.29 is 0 Å². The van der Waals surface area contributed by atoms with Gasteiger partial charge in [-0.3, -0.25) is 0 Å². The number of allylic oxidation sites excluding steroid dienone is 1. The molecule has 13 heavy (non-hydrogen) atoms. The predicted molar refractivity (Wildman–Crippen MR) is 61.0 cm³/mol. The van der Waals surface area contributed by atoms with Crippen LogP contribution in [0, 0.1) is 0 Å². The predicted octanol–water partition coefficient (Wildman–Crippen LogP) is 3.51. The smallest absolute Gasteiger partial charge is 0.0182 e. The van der Waals surface area contributed by atoms with E-state index >= 15 is 0 Å². The van der Waals surface area contributed by atoms with Crippen LogP contribution < -0.4 is 0 Å². The van der Waals surface area contributed by atoms with Crippen molar-refractivity contribution in [2.45, 2.75) is 18.6 Å². The summed E-state index contributed by atoms with van der Waals surface area (Å²) in [7, 11) is 0. The van der Waals surface area contributed by atoms with Crippen molar-refractivity contribution in [1.82, 2.24) is 0 Å². The first-order valence-corrected chi connectivity index (χ1v) is 6.07. The van der Waals surface area contributed by atoms with Crippen molar-refractivity contribution >= 4 is 17.8 Å². The second-order valence-corrected chi connectivity index (χ2v) is 4.27. The molecule has 0 spiro atoms. The maximum absolute atomic E-state index is 2.32. The summed E-state index contributed by atoms with van der Waals surface area (Å²) < 4.78 is 0. The van der Waals surface area contributed by atoms with Gasteiger partial charge in [-0.2, -0.15) is 11.8 Å². The molecule has 0 N–H and O–H groups in total. The van der Waals surface area contributed by atoms with E-state index in [-0.39, 0.29) is 0 Å². The normalized spacial score (nSPS) is 14.2. The lowest BCUT2D eigenvalue weighted by molar-refractivity contribution is 0.983. The molecule has 1 aromatic carbocycles. The third kappa shape index (κ3) is 1.97. The van der Waals surface area contributed by atoms with E-state index in [2.05, 4.69) is 36.6 Å². The van der Waals surface area contributed by atoms with Gasteiger partial charge in [0.15, 0.2) is 0 Å². The largest absolute Gasteiger partial charge is 0.161 e. The van der Waals surface area contributed by atoms with Crippen LogP contribution in [0.1, 0.15) is 23.1 Å². The van der Waals surface area contributed by atoms with Crippen molar-refractivity contribution in [3.8, 4) is 0 Å². The summed E-state index contributed by atoms with van der Waals surface area (Å²) in [6.45, 7) is 0. The molecular formula is C12H14S. The van der Waals surface area contributed by atoms with Crippen LogP contribution in [0.15, 0.2) is 24.3 Å². The number of thioether (sulfide) groups is 1. The maximum Gasteiger partial charge on any atom is 0.0182 e. The van der Waals surface area contributed by atoms with Crippen LogP contribution in [0.3, 0.4) is 0 Å². The zero-order valence-electron chi connectivity index (χ0n) is 7.92. The molecule has 0 unspecified atom stereocenters. The van der Waals surface area contributed by atoms with Gasteiger partial charge < -0.3 is 0 Å². The van der Waals surface area contributed by atoms with Crippen LogP contribution in [-0.4, -0.2) is 6.26 Å². The third-order valence-electron chi connectivity index (χ3n) is 2.40. The van der Waals surface area contributed by atoms with E-state index in [1.165, 1.54) is 29.5 Å². The first kappa shape index (κ1) is 8.89. The molecule has 0 fully saturated rings. The van der Waals surface area contributed by atoms with Crippen molar-refractivity contribution in [2.75, 3.05) is 6.26 Å². The topological polar surface area (TPSA) is 0 Å². The highest BCUT2D eigenvalue weighted by Crippen LogP contribution is 2.21. The molecule has 0 heterocycles. The number of hydrogen-bond donors (Lipinski definition) is 0. The Bertz CT molecular complexity index is 326. The SMILES string of the molecule is CSCc1ccc2c(c1)C=CCC2. The van der Waals surface area contributed by atoms with Crippen molar-refractivity contribution in [2.24, 2.45) is 0 Å². The van der Waals surface area contributed by atoms with Gasteiger partial charge in [-0.1, -0.05) is 30.4 Å². The Hall–Kier alpha value is -0.690. The average Bonchev–Trinajstić information content (AvgIpc) is 2.18. The molecule has 2 rings (SSSR count). The fraction of sp³-hybridized carbons (Fsp3) is 0.333. The lowest BCUT2D eigenvalue weighted by atomic mass is 9.96. The van der Waals surface area contributed by atoms with Crippen molar-refractivity contribution in [3.05, 3.63) is 41.0 Å². The fourth-order valence-electron chi connectivity index (χ4n) is 1.73. The second-order valence-electron chi connectivity index (χ2n) is 3.41. The molecule has 1 aromatic rings. The van der Waals surface area contributed by atoms with Crippen LogP contribution in [0.5, 0.6) is 0 Å². The summed E-state index contributed by atoms with van der Waals surface area (Å²) in [4.78, 5) is 0. The van der Waals surface area contributed by atoms with Gasteiger partial charge in [-0.05, 0) is 35.8 Å². The minimum atomic E-state index is 1.13. The van der Waals surface area contributed by atoms with E-state index in [1.54, 1.807) is 0 Å². The van der Waals surface area contributed by atoms with E-state index < -0.39 is 0 Å². The molecule has 1 aliphatic rings. The third-order valence-corrected chi connectivity index (χ3v) is 3.02. The first-order chi connectivity index (χ1) is 6.40. The standard InChI is InChI=1S/C12H14S/c1-13-9-10-6-7-11-4-2-3-5-12(11)8-10/h3,5-8H,2,4,9H2,1H3. The molecule has 1 aliphatic carbocycles. The molecule has 0 bridgehead atoms. The summed E-state index contributed by atoms with van der Waals surface area (Å²) in [5, 5.41) is 0. The highest BCUT2D eigenvalue weighted by Gasteiger charge is 2.04. The summed E-state index contributed by atoms with van der Waals surface area (Å²) in [6, 6.07) is 6.86. The molecule has 0 nitrogen and oxygen atoms in total. The Morgan fingerprint density at radius 2 is 2.31 bits per heavy atom. The molecule has 0 amide bonds. The van der Waals surface area contributed by atoms with Crippen molar-refractivity contribution in [3.63, 3.8) is 0 Å². The van der Waals surface area contributed by atoms with Crippen LogP contribution >= 0.6 is 11.8 Å². The molecule has 0 aliphatic heterocycles. The Morgan fingerprint density at radius 1 is 1.38 bits per heavy atom. The molecule has 1 heteroatoms. The van der Waals surface area contributed by atoms with Crippen molar-refractivity contribution in [1.29, 1.82) is 0 Å². The van der Waals surface area contributed by atoms with E-state index in [0.29, 0.717) is 0 Å². The molecule has 68 valence electrons. The fourth-order valence-corrected chi connectivity index (χ4v) is 2.25. The van der Waals surface area contributed by atoms with Gasteiger partial charge in [-0.25, -0.2) is 0 Å². The van der Waals surface area contributed by atoms with Gasteiger partial charge in [0.05, 0.1) is 0 Å². The van der Waals surface area contributed by atoms with E-state index in [1.807, 2.05) is 11.8 Å². The number of rotatable bonds is 2. The molecule has 0 saturated heterocycles. The number of hydrogen-bond acceptors (Lipinski definition) is 1. The van der Waals surface area contributed by atoms with E-state index in [9.17, 15) is 0 Å². The summed E-state index contributed by atoms with van der Waals surface area (Å²) >= 11 is 1.88. The number of aryl methyl sites for hydroxylation is 1. The molecular weight excluding hydrogens is 176 g/mol. The highest BCUT2D eigenvalue weighted by atomic mass is 32.2. The lowest BCUT2D eigenvalue weighted by Crippen LogP contribution is -1.94. The Balaban J connectivity index is 2.31. The van der Waals surface area contributed by atoms with Gasteiger partial charge >= 0.3 is 0 Å². The summed E-state index contributed by atoms with van der Waals surface area (Å²) in [6.07, 6.45) is 9.09. The number of fused-ring (bicyclic) bond motifs is 1. The minimum Gasteiger partial charge on any atom is -0.161 e. The second kappa shape index (κ2) is 4.01. The molecule has 0 radical (unpaired) electrons. The van der Waals surface area contributed by atoms with E-state index in [0.717, 1.165) is 5.75 Å². The number of benzene rings is 1. The first-order valence-electron chi connectivity index (χ1n) is 4.67. The average molecular weight is 190 g/mol.